The lowest BCUT2D eigenvalue weighted by molar-refractivity contribution is -0.161. The molecule has 1 unspecified atom stereocenters. The van der Waals surface area contributed by atoms with E-state index in [2.05, 4.69) is 79.1 Å². The van der Waals surface area contributed by atoms with E-state index >= 15 is 0 Å². The van der Waals surface area contributed by atoms with Gasteiger partial charge in [-0.25, -0.2) is 4.57 Å². The fourth-order valence-electron chi connectivity index (χ4n) is 5.27. The minimum absolute atomic E-state index is 0.153. The second-order valence-electron chi connectivity index (χ2n) is 13.7. The predicted molar refractivity (Wildman–Crippen MR) is 221 cm³/mol. The number of hydrogen-bond donors (Lipinski definition) is 3. The fourth-order valence-corrected chi connectivity index (χ4v) is 6.04. The number of carbonyl (C=O) groups excluding carboxylic acids is 2. The van der Waals surface area contributed by atoms with Gasteiger partial charge in [-0.1, -0.05) is 152 Å². The molecule has 0 fully saturated rings. The quantitative estimate of drug-likeness (QED) is 0.0235. The van der Waals surface area contributed by atoms with Gasteiger partial charge in [0, 0.05) is 12.8 Å². The number of phosphoric acid groups is 1. The zero-order chi connectivity index (χ0) is 40.7. The number of rotatable bonds is 38. The van der Waals surface area contributed by atoms with E-state index in [1.54, 1.807) is 0 Å². The van der Waals surface area contributed by atoms with Gasteiger partial charge in [0.25, 0.3) is 0 Å². The van der Waals surface area contributed by atoms with Crippen molar-refractivity contribution in [2.75, 3.05) is 19.8 Å². The lowest BCUT2D eigenvalue weighted by Crippen LogP contribution is -2.34. The second kappa shape index (κ2) is 38.1. The fraction of sp³-hybridized carbons (Fsp3) is 0.698. The zero-order valence-electron chi connectivity index (χ0n) is 34.0. The molecule has 0 saturated carbocycles. The third-order valence-corrected chi connectivity index (χ3v) is 9.48. The van der Waals surface area contributed by atoms with Crippen molar-refractivity contribution in [3.8, 4) is 0 Å². The molecule has 3 atom stereocenters. The molecule has 0 spiro atoms. The first kappa shape index (κ1) is 52.2. The third-order valence-electron chi connectivity index (χ3n) is 8.53. The first-order valence-corrected chi connectivity index (χ1v) is 22.3. The number of carbonyl (C=O) groups is 3. The minimum atomic E-state index is -4.72. The molecule has 4 N–H and O–H groups in total. The maximum absolute atomic E-state index is 12.6. The average Bonchev–Trinajstić information content (AvgIpc) is 3.16. The lowest BCUT2D eigenvalue weighted by atomic mass is 10.0. The van der Waals surface area contributed by atoms with Crippen LogP contribution in [0.1, 0.15) is 162 Å². The van der Waals surface area contributed by atoms with E-state index in [9.17, 15) is 23.8 Å². The molecule has 0 saturated heterocycles. The van der Waals surface area contributed by atoms with E-state index in [4.69, 9.17) is 24.8 Å². The van der Waals surface area contributed by atoms with Crippen LogP contribution in [0.25, 0.3) is 0 Å². The van der Waals surface area contributed by atoms with Gasteiger partial charge in [-0.15, -0.1) is 0 Å². The minimum Gasteiger partial charge on any atom is -0.480 e. The molecule has 0 aliphatic carbocycles. The standard InChI is InChI=1S/C43H74NO10P/c1-3-5-7-9-11-13-15-17-18-19-20-21-22-23-25-26-28-30-32-34-41(45)51-36-39(37-52-55(49,50)53-38-40(44)43(47)48)54-42(46)35-33-31-29-27-24-16-14-12-10-8-6-4-2/h5,7,11,13,17-18,20-21,23,25,39-40H,3-4,6,8-10,12,14-16,19,22,24,26-38,44H2,1-2H3,(H,47,48)(H,49,50)/b7-5-,13-11-,18-17-,21-20-,25-23-/t39-,40+/m1/s1. The van der Waals surface area contributed by atoms with Crippen molar-refractivity contribution in [2.45, 2.75) is 174 Å². The van der Waals surface area contributed by atoms with E-state index in [0.717, 1.165) is 70.6 Å². The molecule has 0 aromatic rings. The average molecular weight is 796 g/mol. The number of phosphoric ester groups is 1. The van der Waals surface area contributed by atoms with Gasteiger partial charge in [0.1, 0.15) is 12.6 Å². The van der Waals surface area contributed by atoms with E-state index in [1.165, 1.54) is 51.4 Å². The van der Waals surface area contributed by atoms with Gasteiger partial charge in [0.2, 0.25) is 0 Å². The molecular weight excluding hydrogens is 721 g/mol. The molecular formula is C43H74NO10P. The Balaban J connectivity index is 4.43. The van der Waals surface area contributed by atoms with Gasteiger partial charge >= 0.3 is 25.7 Å². The van der Waals surface area contributed by atoms with Crippen LogP contribution >= 0.6 is 7.82 Å². The van der Waals surface area contributed by atoms with Gasteiger partial charge in [0.15, 0.2) is 6.10 Å². The Morgan fingerprint density at radius 1 is 0.582 bits per heavy atom. The van der Waals surface area contributed by atoms with E-state index in [1.807, 2.05) is 0 Å². The highest BCUT2D eigenvalue weighted by molar-refractivity contribution is 7.47. The largest absolute Gasteiger partial charge is 0.480 e. The number of unbranched alkanes of at least 4 members (excludes halogenated alkanes) is 14. The monoisotopic (exact) mass is 796 g/mol. The highest BCUT2D eigenvalue weighted by Crippen LogP contribution is 2.43. The van der Waals surface area contributed by atoms with Gasteiger partial charge in [0.05, 0.1) is 13.2 Å². The lowest BCUT2D eigenvalue weighted by Gasteiger charge is -2.20. The van der Waals surface area contributed by atoms with Crippen molar-refractivity contribution < 1.29 is 47.5 Å². The highest BCUT2D eigenvalue weighted by Gasteiger charge is 2.28. The molecule has 0 heterocycles. The summed E-state index contributed by atoms with van der Waals surface area (Å²) in [7, 11) is -4.72. The Morgan fingerprint density at radius 2 is 1.02 bits per heavy atom. The summed E-state index contributed by atoms with van der Waals surface area (Å²) < 4.78 is 32.6. The van der Waals surface area contributed by atoms with Gasteiger partial charge in [-0.05, 0) is 57.8 Å². The van der Waals surface area contributed by atoms with Gasteiger partial charge in [-0.3, -0.25) is 23.4 Å². The highest BCUT2D eigenvalue weighted by atomic mass is 31.2. The molecule has 0 radical (unpaired) electrons. The molecule has 316 valence electrons. The molecule has 0 aromatic heterocycles. The van der Waals surface area contributed by atoms with Crippen LogP contribution in [0.5, 0.6) is 0 Å². The number of allylic oxidation sites excluding steroid dienone is 10. The van der Waals surface area contributed by atoms with Crippen molar-refractivity contribution >= 4 is 25.7 Å². The van der Waals surface area contributed by atoms with Crippen molar-refractivity contribution in [1.82, 2.24) is 0 Å². The molecule has 12 heteroatoms. The Hall–Kier alpha value is -2.82. The summed E-state index contributed by atoms with van der Waals surface area (Å²) in [5.41, 5.74) is 5.32. The van der Waals surface area contributed by atoms with Gasteiger partial charge in [-0.2, -0.15) is 0 Å². The number of esters is 2. The van der Waals surface area contributed by atoms with Crippen LogP contribution in [-0.4, -0.2) is 59.9 Å². The molecule has 0 bridgehead atoms. The summed E-state index contributed by atoms with van der Waals surface area (Å²) in [5, 5.41) is 8.87. The summed E-state index contributed by atoms with van der Waals surface area (Å²) in [6.07, 6.45) is 42.9. The van der Waals surface area contributed by atoms with E-state index in [0.29, 0.717) is 12.8 Å². The first-order valence-electron chi connectivity index (χ1n) is 20.8. The summed E-state index contributed by atoms with van der Waals surface area (Å²) >= 11 is 0. The summed E-state index contributed by atoms with van der Waals surface area (Å²) in [6, 6.07) is -1.53. The zero-order valence-corrected chi connectivity index (χ0v) is 34.9. The van der Waals surface area contributed by atoms with Crippen LogP contribution in [-0.2, 0) is 37.5 Å². The van der Waals surface area contributed by atoms with Crippen molar-refractivity contribution in [1.29, 1.82) is 0 Å². The van der Waals surface area contributed by atoms with Crippen molar-refractivity contribution in [3.05, 3.63) is 60.8 Å². The summed E-state index contributed by atoms with van der Waals surface area (Å²) in [4.78, 5) is 45.8. The van der Waals surface area contributed by atoms with Crippen LogP contribution in [0.4, 0.5) is 0 Å². The molecule has 11 nitrogen and oxygen atoms in total. The normalized spacial score (nSPS) is 14.4. The first-order chi connectivity index (χ1) is 26.6. The third kappa shape index (κ3) is 37.9. The number of carboxylic acids is 1. The number of ether oxygens (including phenoxy) is 2. The number of hydrogen-bond acceptors (Lipinski definition) is 9. The maximum Gasteiger partial charge on any atom is 0.472 e. The number of aliphatic carboxylic acids is 1. The van der Waals surface area contributed by atoms with E-state index < -0.39 is 51.1 Å². The molecule has 0 rings (SSSR count). The Bertz CT molecular complexity index is 1170. The van der Waals surface area contributed by atoms with Crippen LogP contribution < -0.4 is 5.73 Å². The molecule has 0 aliphatic heterocycles. The van der Waals surface area contributed by atoms with E-state index in [-0.39, 0.29) is 19.4 Å². The summed E-state index contributed by atoms with van der Waals surface area (Å²) in [6.45, 7) is 2.63. The van der Waals surface area contributed by atoms with Crippen molar-refractivity contribution in [3.63, 3.8) is 0 Å². The topological polar surface area (TPSA) is 172 Å². The Kier molecular flexibility index (Phi) is 36.1. The van der Waals surface area contributed by atoms with Crippen LogP contribution in [0.2, 0.25) is 0 Å². The predicted octanol–water partition coefficient (Wildman–Crippen LogP) is 10.8. The summed E-state index contributed by atoms with van der Waals surface area (Å²) in [5.74, 6) is -2.42. The number of carboxylic acid groups (broad SMARTS) is 1. The van der Waals surface area contributed by atoms with Crippen LogP contribution in [0.3, 0.4) is 0 Å². The van der Waals surface area contributed by atoms with Crippen LogP contribution in [0, 0.1) is 0 Å². The maximum atomic E-state index is 12.6. The molecule has 0 amide bonds. The van der Waals surface area contributed by atoms with Gasteiger partial charge < -0.3 is 25.2 Å². The Morgan fingerprint density at radius 3 is 1.53 bits per heavy atom. The molecule has 0 aromatic carbocycles. The second-order valence-corrected chi connectivity index (χ2v) is 15.2. The van der Waals surface area contributed by atoms with Crippen LogP contribution in [0.15, 0.2) is 60.8 Å². The Labute approximate surface area is 332 Å². The SMILES string of the molecule is CC/C=C\C/C=C\C/C=C\C/C=C\C/C=C\CCCCCC(=O)OC[C@H](COP(=O)(O)OC[C@H](N)C(=O)O)OC(=O)CCCCCCCCCCCCCC. The van der Waals surface area contributed by atoms with Crippen molar-refractivity contribution in [2.24, 2.45) is 5.73 Å². The molecule has 0 aliphatic rings. The number of nitrogens with two attached hydrogens (primary N) is 1. The smallest absolute Gasteiger partial charge is 0.472 e. The molecule has 55 heavy (non-hydrogen) atoms.